The van der Waals surface area contributed by atoms with Gasteiger partial charge in [0.15, 0.2) is 12.1 Å². The highest BCUT2D eigenvalue weighted by Crippen LogP contribution is 2.66. The molecule has 2 unspecified atom stereocenters. The smallest absolute Gasteiger partial charge is 0.188 e. The van der Waals surface area contributed by atoms with Gasteiger partial charge in [-0.3, -0.25) is 9.59 Å². The quantitative estimate of drug-likeness (QED) is 0.566. The van der Waals surface area contributed by atoms with Crippen LogP contribution >= 0.6 is 0 Å². The summed E-state index contributed by atoms with van der Waals surface area (Å²) in [5.41, 5.74) is -0.190. The van der Waals surface area contributed by atoms with Gasteiger partial charge in [0.1, 0.15) is 0 Å². The molecule has 0 heterocycles. The normalized spacial score (nSPS) is 51.8. The standard InChI is InChI=1S/C21H28O4/c1-19-9-12(11-22)16(23)8-13(19)4-5-14-15-6-7-21(3,25)20(15,2)10-17(24)18(14)19/h8-9,11,14-15,17-18,24-25H,4-7,10H2,1-3H3/t14-,15-,17?,18-,19-,20-,21?/m0/s1. The van der Waals surface area contributed by atoms with Crippen molar-refractivity contribution >= 4 is 12.1 Å². The lowest BCUT2D eigenvalue weighted by molar-refractivity contribution is -0.158. The molecule has 0 aliphatic heterocycles. The van der Waals surface area contributed by atoms with Crippen LogP contribution in [-0.4, -0.2) is 34.0 Å². The van der Waals surface area contributed by atoms with E-state index >= 15 is 0 Å². The highest BCUT2D eigenvalue weighted by Gasteiger charge is 2.64. The second-order valence-electron chi connectivity index (χ2n) is 9.37. The molecule has 3 fully saturated rings. The molecule has 25 heavy (non-hydrogen) atoms. The van der Waals surface area contributed by atoms with Gasteiger partial charge in [0.05, 0.1) is 17.3 Å². The van der Waals surface area contributed by atoms with E-state index in [0.29, 0.717) is 24.5 Å². The fourth-order valence-electron chi connectivity index (χ4n) is 6.77. The van der Waals surface area contributed by atoms with E-state index in [-0.39, 0.29) is 22.7 Å². The average Bonchev–Trinajstić information content (AvgIpc) is 2.76. The van der Waals surface area contributed by atoms with E-state index in [0.717, 1.165) is 31.3 Å². The molecule has 4 heteroatoms. The van der Waals surface area contributed by atoms with Crippen LogP contribution in [0.3, 0.4) is 0 Å². The van der Waals surface area contributed by atoms with Gasteiger partial charge in [0.2, 0.25) is 0 Å². The molecule has 0 aromatic heterocycles. The minimum absolute atomic E-state index is 0.00234. The maximum absolute atomic E-state index is 12.1. The van der Waals surface area contributed by atoms with Crippen LogP contribution in [0.5, 0.6) is 0 Å². The molecule has 4 nitrogen and oxygen atoms in total. The number of aldehydes is 1. The lowest BCUT2D eigenvalue weighted by atomic mass is 9.46. The number of hydrogen-bond acceptors (Lipinski definition) is 4. The van der Waals surface area contributed by atoms with Crippen LogP contribution in [-0.2, 0) is 9.59 Å². The van der Waals surface area contributed by atoms with Crippen molar-refractivity contribution in [1.82, 2.24) is 0 Å². The molecule has 0 spiro atoms. The SMILES string of the molecule is CC1(O)CC[C@H]2[C@@H]3CCC4=CC(=O)C(C=O)=C[C@]4(C)[C@@H]3C(O)C[C@@]21C. The van der Waals surface area contributed by atoms with Crippen LogP contribution in [0.1, 0.15) is 52.9 Å². The summed E-state index contributed by atoms with van der Waals surface area (Å²) < 4.78 is 0. The molecule has 0 radical (unpaired) electrons. The Morgan fingerprint density at radius 2 is 1.96 bits per heavy atom. The van der Waals surface area contributed by atoms with Gasteiger partial charge in [-0.2, -0.15) is 0 Å². The van der Waals surface area contributed by atoms with Crippen molar-refractivity contribution in [1.29, 1.82) is 0 Å². The van der Waals surface area contributed by atoms with Crippen LogP contribution in [0, 0.1) is 28.6 Å². The van der Waals surface area contributed by atoms with Gasteiger partial charge >= 0.3 is 0 Å². The van der Waals surface area contributed by atoms with Gasteiger partial charge in [-0.05, 0) is 56.9 Å². The molecule has 4 rings (SSSR count). The van der Waals surface area contributed by atoms with Gasteiger partial charge in [-0.1, -0.05) is 25.5 Å². The zero-order chi connectivity index (χ0) is 18.2. The van der Waals surface area contributed by atoms with E-state index in [4.69, 9.17) is 0 Å². The molecule has 0 saturated heterocycles. The molecule has 0 aromatic rings. The second kappa shape index (κ2) is 5.14. The lowest BCUT2D eigenvalue weighted by Crippen LogP contribution is -2.58. The molecular formula is C21H28O4. The lowest BCUT2D eigenvalue weighted by Gasteiger charge is -2.59. The Morgan fingerprint density at radius 1 is 1.24 bits per heavy atom. The Labute approximate surface area is 149 Å². The Hall–Kier alpha value is -1.26. The summed E-state index contributed by atoms with van der Waals surface area (Å²) in [4.78, 5) is 23.4. The van der Waals surface area contributed by atoms with E-state index in [2.05, 4.69) is 13.8 Å². The first-order valence-corrected chi connectivity index (χ1v) is 9.48. The van der Waals surface area contributed by atoms with Gasteiger partial charge in [0.25, 0.3) is 0 Å². The Bertz CT molecular complexity index is 703. The first-order chi connectivity index (χ1) is 11.6. The van der Waals surface area contributed by atoms with E-state index in [1.54, 1.807) is 6.08 Å². The number of carbonyl (C=O) groups excluding carboxylic acids is 2. The topological polar surface area (TPSA) is 74.6 Å². The Morgan fingerprint density at radius 3 is 2.64 bits per heavy atom. The fraction of sp³-hybridized carbons (Fsp3) is 0.714. The van der Waals surface area contributed by atoms with Crippen molar-refractivity contribution in [2.24, 2.45) is 28.6 Å². The van der Waals surface area contributed by atoms with Crippen molar-refractivity contribution in [2.75, 3.05) is 0 Å². The molecule has 4 aliphatic carbocycles. The first-order valence-electron chi connectivity index (χ1n) is 9.48. The first kappa shape index (κ1) is 17.2. The third-order valence-electron chi connectivity index (χ3n) is 8.32. The largest absolute Gasteiger partial charge is 0.393 e. The number of aliphatic hydroxyl groups is 2. The minimum atomic E-state index is -0.743. The number of ketones is 1. The van der Waals surface area contributed by atoms with Crippen molar-refractivity contribution in [2.45, 2.75) is 64.6 Å². The third-order valence-corrected chi connectivity index (χ3v) is 8.32. The summed E-state index contributed by atoms with van der Waals surface area (Å²) in [5.74, 6) is 0.476. The predicted octanol–water partition coefficient (Wildman–Crippen LogP) is 2.59. The fourth-order valence-corrected chi connectivity index (χ4v) is 6.77. The van der Waals surface area contributed by atoms with Gasteiger partial charge in [0, 0.05) is 16.7 Å². The summed E-state index contributed by atoms with van der Waals surface area (Å²) in [6.45, 7) is 6.12. The Balaban J connectivity index is 1.79. The molecule has 7 atom stereocenters. The van der Waals surface area contributed by atoms with Crippen LogP contribution < -0.4 is 0 Å². The number of hydrogen-bond donors (Lipinski definition) is 2. The van der Waals surface area contributed by atoms with Crippen LogP contribution in [0.15, 0.2) is 23.3 Å². The van der Waals surface area contributed by atoms with Crippen LogP contribution in [0.25, 0.3) is 0 Å². The summed E-state index contributed by atoms with van der Waals surface area (Å²) in [6, 6.07) is 0. The molecular weight excluding hydrogens is 316 g/mol. The van der Waals surface area contributed by atoms with Gasteiger partial charge < -0.3 is 10.2 Å². The summed E-state index contributed by atoms with van der Waals surface area (Å²) in [5, 5.41) is 22.1. The molecule has 2 N–H and O–H groups in total. The third kappa shape index (κ3) is 2.07. The molecule has 0 bridgehead atoms. The van der Waals surface area contributed by atoms with Gasteiger partial charge in [-0.25, -0.2) is 0 Å². The van der Waals surface area contributed by atoms with Crippen molar-refractivity contribution in [3.8, 4) is 0 Å². The highest BCUT2D eigenvalue weighted by atomic mass is 16.3. The van der Waals surface area contributed by atoms with Gasteiger partial charge in [-0.15, -0.1) is 0 Å². The number of allylic oxidation sites excluding steroid dienone is 4. The van der Waals surface area contributed by atoms with Crippen molar-refractivity contribution in [3.63, 3.8) is 0 Å². The Kier molecular flexibility index (Phi) is 3.53. The molecule has 136 valence electrons. The number of fused-ring (bicyclic) bond motifs is 5. The minimum Gasteiger partial charge on any atom is -0.393 e. The highest BCUT2D eigenvalue weighted by molar-refractivity contribution is 6.18. The second-order valence-corrected chi connectivity index (χ2v) is 9.37. The summed E-state index contributed by atoms with van der Waals surface area (Å²) in [7, 11) is 0. The molecule has 0 aromatic carbocycles. The maximum atomic E-state index is 12.1. The van der Waals surface area contributed by atoms with Crippen LogP contribution in [0.4, 0.5) is 0 Å². The molecule has 4 aliphatic rings. The summed E-state index contributed by atoms with van der Waals surface area (Å²) >= 11 is 0. The van der Waals surface area contributed by atoms with E-state index < -0.39 is 17.1 Å². The van der Waals surface area contributed by atoms with E-state index in [1.807, 2.05) is 13.0 Å². The van der Waals surface area contributed by atoms with Crippen molar-refractivity contribution < 1.29 is 19.8 Å². The van der Waals surface area contributed by atoms with Crippen LogP contribution in [0.2, 0.25) is 0 Å². The maximum Gasteiger partial charge on any atom is 0.188 e. The predicted molar refractivity (Wildman–Crippen MR) is 93.6 cm³/mol. The number of carbonyl (C=O) groups is 2. The molecule has 3 saturated carbocycles. The monoisotopic (exact) mass is 344 g/mol. The van der Waals surface area contributed by atoms with E-state index in [9.17, 15) is 19.8 Å². The zero-order valence-electron chi connectivity index (χ0n) is 15.3. The van der Waals surface area contributed by atoms with Crippen molar-refractivity contribution in [3.05, 3.63) is 23.3 Å². The molecule has 0 amide bonds. The van der Waals surface area contributed by atoms with E-state index in [1.165, 1.54) is 0 Å². The zero-order valence-corrected chi connectivity index (χ0v) is 15.3. The number of aliphatic hydroxyl groups excluding tert-OH is 1. The summed E-state index contributed by atoms with van der Waals surface area (Å²) in [6.07, 6.45) is 7.65. The number of rotatable bonds is 1. The average molecular weight is 344 g/mol.